The van der Waals surface area contributed by atoms with E-state index in [1.54, 1.807) is 12.3 Å². The number of pyridine rings is 1. The van der Waals surface area contributed by atoms with Crippen molar-refractivity contribution in [1.82, 2.24) is 20.5 Å². The number of benzene rings is 1. The summed E-state index contributed by atoms with van der Waals surface area (Å²) in [5.74, 6) is -0.780. The van der Waals surface area contributed by atoms with Crippen molar-refractivity contribution < 1.29 is 8.78 Å². The first kappa shape index (κ1) is 21.2. The minimum Gasteiger partial charge on any atom is -0.357 e. The third-order valence-electron chi connectivity index (χ3n) is 5.17. The summed E-state index contributed by atoms with van der Waals surface area (Å²) >= 11 is 0. The van der Waals surface area contributed by atoms with Crippen LogP contribution in [0.4, 0.5) is 8.78 Å². The summed E-state index contributed by atoms with van der Waals surface area (Å²) in [5.41, 5.74) is 2.92. The Kier molecular flexibility index (Phi) is 7.52. The number of likely N-dealkylation sites (tertiary alicyclic amines) is 1. The molecular formula is C22H29F2N5. The van der Waals surface area contributed by atoms with Crippen LogP contribution in [0.1, 0.15) is 36.6 Å². The lowest BCUT2D eigenvalue weighted by atomic mass is 10.0. The molecule has 7 heteroatoms. The van der Waals surface area contributed by atoms with E-state index >= 15 is 0 Å². The van der Waals surface area contributed by atoms with Gasteiger partial charge in [0.1, 0.15) is 0 Å². The van der Waals surface area contributed by atoms with Gasteiger partial charge in [-0.3, -0.25) is 9.88 Å². The summed E-state index contributed by atoms with van der Waals surface area (Å²) < 4.78 is 26.5. The molecule has 1 fully saturated rings. The molecule has 5 nitrogen and oxygen atoms in total. The van der Waals surface area contributed by atoms with Crippen molar-refractivity contribution >= 4 is 5.96 Å². The largest absolute Gasteiger partial charge is 0.357 e. The van der Waals surface area contributed by atoms with E-state index in [0.717, 1.165) is 55.3 Å². The lowest BCUT2D eigenvalue weighted by Crippen LogP contribution is -2.48. The molecular weight excluding hydrogens is 372 g/mol. The quantitative estimate of drug-likeness (QED) is 0.576. The molecule has 2 aromatic rings. The van der Waals surface area contributed by atoms with Gasteiger partial charge in [0.2, 0.25) is 0 Å². The Morgan fingerprint density at radius 1 is 1.21 bits per heavy atom. The van der Waals surface area contributed by atoms with E-state index in [1.165, 1.54) is 12.1 Å². The fourth-order valence-corrected chi connectivity index (χ4v) is 3.48. The maximum atomic E-state index is 13.4. The first-order chi connectivity index (χ1) is 14.0. The Morgan fingerprint density at radius 3 is 2.69 bits per heavy atom. The van der Waals surface area contributed by atoms with Crippen LogP contribution >= 0.6 is 0 Å². The number of aromatic nitrogens is 1. The summed E-state index contributed by atoms with van der Waals surface area (Å²) in [5, 5.41) is 6.82. The molecule has 1 aromatic heterocycles. The molecule has 29 heavy (non-hydrogen) atoms. The van der Waals surface area contributed by atoms with E-state index in [0.29, 0.717) is 19.1 Å². The summed E-state index contributed by atoms with van der Waals surface area (Å²) in [6.45, 7) is 7.86. The first-order valence-electron chi connectivity index (χ1n) is 10.2. The van der Waals surface area contributed by atoms with E-state index in [4.69, 9.17) is 0 Å². The van der Waals surface area contributed by atoms with Crippen LogP contribution in [0.5, 0.6) is 0 Å². The van der Waals surface area contributed by atoms with Gasteiger partial charge >= 0.3 is 0 Å². The van der Waals surface area contributed by atoms with Crippen LogP contribution in [0.25, 0.3) is 0 Å². The fourth-order valence-electron chi connectivity index (χ4n) is 3.48. The third-order valence-corrected chi connectivity index (χ3v) is 5.17. The second-order valence-electron chi connectivity index (χ2n) is 7.41. The van der Waals surface area contributed by atoms with Gasteiger partial charge in [-0.25, -0.2) is 13.8 Å². The Hall–Kier alpha value is -2.54. The molecule has 3 rings (SSSR count). The zero-order chi connectivity index (χ0) is 20.6. The molecule has 0 radical (unpaired) electrons. The van der Waals surface area contributed by atoms with Crippen LogP contribution in [-0.2, 0) is 13.1 Å². The number of guanidine groups is 1. The van der Waals surface area contributed by atoms with E-state index in [-0.39, 0.29) is 0 Å². The van der Waals surface area contributed by atoms with Crippen molar-refractivity contribution in [2.45, 2.75) is 45.8 Å². The molecule has 2 heterocycles. The highest BCUT2D eigenvalue weighted by Gasteiger charge is 2.20. The maximum Gasteiger partial charge on any atom is 0.191 e. The molecule has 0 atom stereocenters. The number of hydrogen-bond acceptors (Lipinski definition) is 3. The van der Waals surface area contributed by atoms with Crippen molar-refractivity contribution in [3.63, 3.8) is 0 Å². The van der Waals surface area contributed by atoms with Gasteiger partial charge in [-0.05, 0) is 56.0 Å². The van der Waals surface area contributed by atoms with Crippen LogP contribution < -0.4 is 10.6 Å². The topological polar surface area (TPSA) is 52.6 Å². The van der Waals surface area contributed by atoms with E-state index < -0.39 is 11.6 Å². The van der Waals surface area contributed by atoms with Gasteiger partial charge in [0.05, 0.1) is 12.2 Å². The fraction of sp³-hybridized carbons (Fsp3) is 0.455. The molecule has 1 aliphatic rings. The molecule has 0 aliphatic carbocycles. The standard InChI is InChI=1S/C22H29F2N5/c1-3-25-22(27-14-21-16(2)5-4-10-26-21)28-18-8-11-29(12-9-18)15-17-6-7-19(23)20(24)13-17/h4-7,10,13,18H,3,8-9,11-12,14-15H2,1-2H3,(H2,25,27,28). The average Bonchev–Trinajstić information content (AvgIpc) is 2.71. The van der Waals surface area contributed by atoms with E-state index in [9.17, 15) is 8.78 Å². The minimum absolute atomic E-state index is 0.332. The van der Waals surface area contributed by atoms with Crippen molar-refractivity contribution in [1.29, 1.82) is 0 Å². The second kappa shape index (κ2) is 10.3. The van der Waals surface area contributed by atoms with Gasteiger partial charge in [0.25, 0.3) is 0 Å². The number of aliphatic imine (C=N–C) groups is 1. The van der Waals surface area contributed by atoms with Crippen LogP contribution in [0, 0.1) is 18.6 Å². The molecule has 1 saturated heterocycles. The van der Waals surface area contributed by atoms with Gasteiger partial charge in [-0.1, -0.05) is 12.1 Å². The van der Waals surface area contributed by atoms with Crippen LogP contribution in [0.15, 0.2) is 41.5 Å². The van der Waals surface area contributed by atoms with E-state index in [2.05, 4.69) is 25.5 Å². The van der Waals surface area contributed by atoms with Crippen molar-refractivity contribution in [3.05, 3.63) is 65.0 Å². The van der Waals surface area contributed by atoms with Gasteiger partial charge in [-0.15, -0.1) is 0 Å². The smallest absolute Gasteiger partial charge is 0.191 e. The highest BCUT2D eigenvalue weighted by atomic mass is 19.2. The van der Waals surface area contributed by atoms with Gasteiger partial charge in [0.15, 0.2) is 17.6 Å². The molecule has 2 N–H and O–H groups in total. The highest BCUT2D eigenvalue weighted by Crippen LogP contribution is 2.16. The predicted octanol–water partition coefficient (Wildman–Crippen LogP) is 3.39. The Morgan fingerprint density at radius 2 is 2.00 bits per heavy atom. The Labute approximate surface area is 171 Å². The molecule has 156 valence electrons. The predicted molar refractivity (Wildman–Crippen MR) is 112 cm³/mol. The molecule has 0 amide bonds. The SMILES string of the molecule is CCNC(=NCc1ncccc1C)NC1CCN(Cc2ccc(F)c(F)c2)CC1. The third kappa shape index (κ3) is 6.22. The van der Waals surface area contributed by atoms with Crippen molar-refractivity contribution in [2.75, 3.05) is 19.6 Å². The second-order valence-corrected chi connectivity index (χ2v) is 7.41. The first-order valence-corrected chi connectivity index (χ1v) is 10.2. The number of hydrogen-bond donors (Lipinski definition) is 2. The normalized spacial score (nSPS) is 16.1. The maximum absolute atomic E-state index is 13.4. The Balaban J connectivity index is 1.51. The summed E-state index contributed by atoms with van der Waals surface area (Å²) in [4.78, 5) is 11.4. The van der Waals surface area contributed by atoms with Crippen LogP contribution in [-0.4, -0.2) is 41.5 Å². The number of rotatable bonds is 6. The summed E-state index contributed by atoms with van der Waals surface area (Å²) in [6, 6.07) is 8.44. The summed E-state index contributed by atoms with van der Waals surface area (Å²) in [6.07, 6.45) is 3.73. The van der Waals surface area contributed by atoms with E-state index in [1.807, 2.05) is 26.0 Å². The average molecular weight is 402 g/mol. The van der Waals surface area contributed by atoms with Gasteiger partial charge < -0.3 is 10.6 Å². The van der Waals surface area contributed by atoms with Gasteiger partial charge in [-0.2, -0.15) is 0 Å². The molecule has 0 unspecified atom stereocenters. The molecule has 0 saturated carbocycles. The molecule has 1 aromatic carbocycles. The van der Waals surface area contributed by atoms with Crippen LogP contribution in [0.3, 0.4) is 0 Å². The molecule has 1 aliphatic heterocycles. The number of aryl methyl sites for hydroxylation is 1. The lowest BCUT2D eigenvalue weighted by Gasteiger charge is -2.33. The van der Waals surface area contributed by atoms with Crippen molar-refractivity contribution in [3.8, 4) is 0 Å². The molecule has 0 bridgehead atoms. The zero-order valence-corrected chi connectivity index (χ0v) is 17.1. The van der Waals surface area contributed by atoms with Crippen LogP contribution in [0.2, 0.25) is 0 Å². The lowest BCUT2D eigenvalue weighted by molar-refractivity contribution is 0.198. The number of nitrogens with one attached hydrogen (secondary N) is 2. The minimum atomic E-state index is -0.798. The number of nitrogens with zero attached hydrogens (tertiary/aromatic N) is 3. The Bertz CT molecular complexity index is 832. The number of piperidine rings is 1. The zero-order valence-electron chi connectivity index (χ0n) is 17.1. The monoisotopic (exact) mass is 401 g/mol. The van der Waals surface area contributed by atoms with Crippen molar-refractivity contribution in [2.24, 2.45) is 4.99 Å². The van der Waals surface area contributed by atoms with Gasteiger partial charge in [0, 0.05) is 38.4 Å². The number of halogens is 2. The highest BCUT2D eigenvalue weighted by molar-refractivity contribution is 5.80. The molecule has 0 spiro atoms. The summed E-state index contributed by atoms with van der Waals surface area (Å²) in [7, 11) is 0.